The Morgan fingerprint density at radius 2 is 1.80 bits per heavy atom. The van der Waals surface area contributed by atoms with E-state index in [-0.39, 0.29) is 42.8 Å². The van der Waals surface area contributed by atoms with Gasteiger partial charge in [0.05, 0.1) is 20.2 Å². The van der Waals surface area contributed by atoms with E-state index in [9.17, 15) is 14.4 Å². The van der Waals surface area contributed by atoms with Crippen molar-refractivity contribution in [3.05, 3.63) is 24.3 Å². The van der Waals surface area contributed by atoms with E-state index < -0.39 is 0 Å². The second kappa shape index (κ2) is 8.50. The van der Waals surface area contributed by atoms with Gasteiger partial charge in [0.2, 0.25) is 17.7 Å². The topological polar surface area (TPSA) is 87.7 Å². The van der Waals surface area contributed by atoms with Crippen molar-refractivity contribution in [2.75, 3.05) is 25.5 Å². The molecule has 2 rings (SSSR count). The molecule has 0 aliphatic heterocycles. The van der Waals surface area contributed by atoms with E-state index in [2.05, 4.69) is 10.6 Å². The van der Waals surface area contributed by atoms with Crippen LogP contribution >= 0.6 is 0 Å². The molecule has 1 aromatic rings. The molecule has 7 nitrogen and oxygen atoms in total. The molecule has 3 amide bonds. The van der Waals surface area contributed by atoms with Gasteiger partial charge in [0, 0.05) is 17.6 Å². The number of amides is 3. The fourth-order valence-corrected chi connectivity index (χ4v) is 2.35. The SMILES string of the molecule is COc1ccc(NC(=O)CNC(=O)CN(C(=O)C2CC2)C(C)C)cc1. The Kier molecular flexibility index (Phi) is 6.38. The number of nitrogens with one attached hydrogen (secondary N) is 2. The van der Waals surface area contributed by atoms with Gasteiger partial charge in [-0.15, -0.1) is 0 Å². The first-order chi connectivity index (χ1) is 11.9. The summed E-state index contributed by atoms with van der Waals surface area (Å²) in [6.45, 7) is 3.59. The van der Waals surface area contributed by atoms with Crippen LogP contribution in [0.4, 0.5) is 5.69 Å². The molecule has 0 heterocycles. The van der Waals surface area contributed by atoms with Crippen LogP contribution < -0.4 is 15.4 Å². The summed E-state index contributed by atoms with van der Waals surface area (Å²) in [5.41, 5.74) is 0.618. The van der Waals surface area contributed by atoms with Gasteiger partial charge in [0.1, 0.15) is 5.75 Å². The molecule has 136 valence electrons. The largest absolute Gasteiger partial charge is 0.497 e. The summed E-state index contributed by atoms with van der Waals surface area (Å²) >= 11 is 0. The van der Waals surface area contributed by atoms with Gasteiger partial charge in [0.15, 0.2) is 0 Å². The van der Waals surface area contributed by atoms with Gasteiger partial charge >= 0.3 is 0 Å². The number of methoxy groups -OCH3 is 1. The zero-order valence-corrected chi connectivity index (χ0v) is 14.9. The molecule has 0 unspecified atom stereocenters. The standard InChI is InChI=1S/C18H25N3O4/c1-12(2)21(18(24)13-4-5-13)11-17(23)19-10-16(22)20-14-6-8-15(25-3)9-7-14/h6-9,12-13H,4-5,10-11H2,1-3H3,(H,19,23)(H,20,22). The molecule has 7 heteroatoms. The van der Waals surface area contributed by atoms with Gasteiger partial charge in [-0.3, -0.25) is 14.4 Å². The molecule has 0 radical (unpaired) electrons. The van der Waals surface area contributed by atoms with Crippen LogP contribution in [0.15, 0.2) is 24.3 Å². The quantitative estimate of drug-likeness (QED) is 0.744. The molecule has 0 bridgehead atoms. The molecular weight excluding hydrogens is 322 g/mol. The predicted octanol–water partition coefficient (Wildman–Crippen LogP) is 1.40. The number of carbonyl (C=O) groups is 3. The molecular formula is C18H25N3O4. The van der Waals surface area contributed by atoms with Crippen molar-refractivity contribution < 1.29 is 19.1 Å². The fourth-order valence-electron chi connectivity index (χ4n) is 2.35. The van der Waals surface area contributed by atoms with Crippen LogP contribution in [0.25, 0.3) is 0 Å². The van der Waals surface area contributed by atoms with Gasteiger partial charge in [-0.2, -0.15) is 0 Å². The van der Waals surface area contributed by atoms with Gasteiger partial charge in [0.25, 0.3) is 0 Å². The Morgan fingerprint density at radius 1 is 1.16 bits per heavy atom. The minimum Gasteiger partial charge on any atom is -0.497 e. The van der Waals surface area contributed by atoms with Crippen LogP contribution in [0.1, 0.15) is 26.7 Å². The summed E-state index contributed by atoms with van der Waals surface area (Å²) in [6.07, 6.45) is 1.79. The first kappa shape index (κ1) is 18.8. The van der Waals surface area contributed by atoms with Crippen LogP contribution in [0.2, 0.25) is 0 Å². The molecule has 0 saturated heterocycles. The van der Waals surface area contributed by atoms with Crippen molar-refractivity contribution in [2.24, 2.45) is 5.92 Å². The molecule has 1 aromatic carbocycles. The minimum absolute atomic E-state index is 0.0211. The van der Waals surface area contributed by atoms with Crippen molar-refractivity contribution in [3.63, 3.8) is 0 Å². The van der Waals surface area contributed by atoms with Crippen molar-refractivity contribution in [2.45, 2.75) is 32.7 Å². The van der Waals surface area contributed by atoms with E-state index >= 15 is 0 Å². The third kappa shape index (κ3) is 5.77. The number of hydrogen-bond acceptors (Lipinski definition) is 4. The monoisotopic (exact) mass is 347 g/mol. The van der Waals surface area contributed by atoms with Gasteiger partial charge in [-0.1, -0.05) is 0 Å². The Hall–Kier alpha value is -2.57. The average molecular weight is 347 g/mol. The van der Waals surface area contributed by atoms with Crippen LogP contribution in [-0.4, -0.2) is 48.9 Å². The van der Waals surface area contributed by atoms with E-state index in [4.69, 9.17) is 4.74 Å². The lowest BCUT2D eigenvalue weighted by molar-refractivity contribution is -0.138. The first-order valence-corrected chi connectivity index (χ1v) is 8.41. The molecule has 1 saturated carbocycles. The number of nitrogens with zero attached hydrogens (tertiary/aromatic N) is 1. The Morgan fingerprint density at radius 3 is 2.32 bits per heavy atom. The maximum Gasteiger partial charge on any atom is 0.243 e. The van der Waals surface area contributed by atoms with Gasteiger partial charge in [-0.25, -0.2) is 0 Å². The highest BCUT2D eigenvalue weighted by Crippen LogP contribution is 2.31. The van der Waals surface area contributed by atoms with Gasteiger partial charge < -0.3 is 20.3 Å². The number of carbonyl (C=O) groups excluding carboxylic acids is 3. The highest BCUT2D eigenvalue weighted by molar-refractivity contribution is 5.95. The Bertz CT molecular complexity index is 624. The molecule has 1 aliphatic rings. The molecule has 0 atom stereocenters. The van der Waals surface area contributed by atoms with Crippen molar-refractivity contribution >= 4 is 23.4 Å². The number of hydrogen-bond donors (Lipinski definition) is 2. The third-order valence-electron chi connectivity index (χ3n) is 3.97. The predicted molar refractivity (Wildman–Crippen MR) is 94.2 cm³/mol. The van der Waals surface area contributed by atoms with E-state index in [0.29, 0.717) is 11.4 Å². The lowest BCUT2D eigenvalue weighted by atomic mass is 10.2. The second-order valence-electron chi connectivity index (χ2n) is 6.39. The summed E-state index contributed by atoms with van der Waals surface area (Å²) in [5, 5.41) is 5.24. The minimum atomic E-state index is -0.340. The molecule has 1 aliphatic carbocycles. The zero-order valence-electron chi connectivity index (χ0n) is 14.9. The lowest BCUT2D eigenvalue weighted by Gasteiger charge is -2.26. The number of ether oxygens (including phenoxy) is 1. The Labute approximate surface area is 147 Å². The Balaban J connectivity index is 1.77. The van der Waals surface area contributed by atoms with Crippen LogP contribution in [0.3, 0.4) is 0 Å². The zero-order chi connectivity index (χ0) is 18.4. The highest BCUT2D eigenvalue weighted by Gasteiger charge is 2.35. The molecule has 2 N–H and O–H groups in total. The summed E-state index contributed by atoms with van der Waals surface area (Å²) in [6, 6.07) is 6.85. The van der Waals surface area contributed by atoms with Crippen LogP contribution in [-0.2, 0) is 14.4 Å². The summed E-state index contributed by atoms with van der Waals surface area (Å²) in [5.74, 6) is 0.109. The van der Waals surface area contributed by atoms with Crippen molar-refractivity contribution in [1.82, 2.24) is 10.2 Å². The highest BCUT2D eigenvalue weighted by atomic mass is 16.5. The van der Waals surface area contributed by atoms with Crippen molar-refractivity contribution in [3.8, 4) is 5.75 Å². The van der Waals surface area contributed by atoms with Crippen molar-refractivity contribution in [1.29, 1.82) is 0 Å². The van der Waals surface area contributed by atoms with Crippen LogP contribution in [0, 0.1) is 5.92 Å². The number of anilines is 1. The summed E-state index contributed by atoms with van der Waals surface area (Å²) in [7, 11) is 1.57. The van der Waals surface area contributed by atoms with Gasteiger partial charge in [-0.05, 0) is 51.0 Å². The summed E-state index contributed by atoms with van der Waals surface area (Å²) in [4.78, 5) is 37.7. The molecule has 25 heavy (non-hydrogen) atoms. The second-order valence-corrected chi connectivity index (χ2v) is 6.39. The van der Waals surface area contributed by atoms with E-state index in [0.717, 1.165) is 12.8 Å². The fraction of sp³-hybridized carbons (Fsp3) is 0.500. The van der Waals surface area contributed by atoms with E-state index in [1.165, 1.54) is 0 Å². The number of rotatable bonds is 8. The maximum atomic E-state index is 12.2. The maximum absolute atomic E-state index is 12.2. The first-order valence-electron chi connectivity index (χ1n) is 8.41. The molecule has 0 aromatic heterocycles. The molecule has 0 spiro atoms. The lowest BCUT2D eigenvalue weighted by Crippen LogP contribution is -2.46. The van der Waals surface area contributed by atoms with Crippen LogP contribution in [0.5, 0.6) is 5.75 Å². The van der Waals surface area contributed by atoms with E-state index in [1.54, 1.807) is 36.3 Å². The van der Waals surface area contributed by atoms with E-state index in [1.807, 2.05) is 13.8 Å². The average Bonchev–Trinajstić information content (AvgIpc) is 3.42. The normalized spacial score (nSPS) is 13.3. The smallest absolute Gasteiger partial charge is 0.243 e. The molecule has 1 fully saturated rings. The third-order valence-corrected chi connectivity index (χ3v) is 3.97. The number of benzene rings is 1. The summed E-state index contributed by atoms with van der Waals surface area (Å²) < 4.78 is 5.05.